The molecule has 29 heavy (non-hydrogen) atoms. The molecule has 0 saturated carbocycles. The second-order valence-corrected chi connectivity index (χ2v) is 7.31. The molecule has 1 fully saturated rings. The largest absolute Gasteiger partial charge is 0.417 e. The summed E-state index contributed by atoms with van der Waals surface area (Å²) in [6, 6.07) is 8.54. The number of benzene rings is 1. The first-order valence-electron chi connectivity index (χ1n) is 10.0. The molecule has 3 rings (SSSR count). The number of hydrogen-bond acceptors (Lipinski definition) is 3. The van der Waals surface area contributed by atoms with Gasteiger partial charge in [-0.3, -0.25) is 4.79 Å². The first-order valence-corrected chi connectivity index (χ1v) is 10.0. The van der Waals surface area contributed by atoms with Gasteiger partial charge < -0.3 is 10.2 Å². The number of para-hydroxylation sites is 1. The molecule has 0 radical (unpaired) electrons. The van der Waals surface area contributed by atoms with Crippen molar-refractivity contribution in [1.82, 2.24) is 4.98 Å². The van der Waals surface area contributed by atoms with Crippen molar-refractivity contribution in [3.05, 3.63) is 53.2 Å². The predicted molar refractivity (Wildman–Crippen MR) is 108 cm³/mol. The second-order valence-electron chi connectivity index (χ2n) is 7.31. The minimum atomic E-state index is -4.39. The number of nitrogens with one attached hydrogen (secondary N) is 1. The van der Waals surface area contributed by atoms with E-state index in [0.717, 1.165) is 41.9 Å². The van der Waals surface area contributed by atoms with E-state index in [4.69, 9.17) is 0 Å². The molecule has 1 aliphatic heterocycles. The maximum atomic E-state index is 12.8. The van der Waals surface area contributed by atoms with Gasteiger partial charge in [-0.25, -0.2) is 4.98 Å². The van der Waals surface area contributed by atoms with E-state index in [1.165, 1.54) is 6.07 Å². The topological polar surface area (TPSA) is 45.2 Å². The van der Waals surface area contributed by atoms with Gasteiger partial charge in [0.25, 0.3) is 0 Å². The number of aromatic nitrogens is 1. The number of rotatable bonds is 5. The quantitative estimate of drug-likeness (QED) is 0.755. The van der Waals surface area contributed by atoms with Crippen molar-refractivity contribution >= 4 is 17.4 Å². The van der Waals surface area contributed by atoms with E-state index in [1.807, 2.05) is 23.1 Å². The molecule has 2 heterocycles. The van der Waals surface area contributed by atoms with Crippen LogP contribution in [0.15, 0.2) is 36.5 Å². The summed E-state index contributed by atoms with van der Waals surface area (Å²) in [7, 11) is 0. The van der Waals surface area contributed by atoms with Gasteiger partial charge in [0.05, 0.1) is 5.56 Å². The van der Waals surface area contributed by atoms with Gasteiger partial charge in [-0.15, -0.1) is 0 Å². The van der Waals surface area contributed by atoms with Crippen LogP contribution in [0.25, 0.3) is 0 Å². The number of carbonyl (C=O) groups is 1. The Morgan fingerprint density at radius 1 is 1.10 bits per heavy atom. The molecule has 0 aliphatic carbocycles. The fourth-order valence-electron chi connectivity index (χ4n) is 3.74. The zero-order valence-corrected chi connectivity index (χ0v) is 16.7. The number of halogens is 3. The zero-order valence-electron chi connectivity index (χ0n) is 16.7. The summed E-state index contributed by atoms with van der Waals surface area (Å²) in [4.78, 5) is 18.7. The van der Waals surface area contributed by atoms with Crippen molar-refractivity contribution in [2.24, 2.45) is 5.92 Å². The van der Waals surface area contributed by atoms with E-state index >= 15 is 0 Å². The summed E-state index contributed by atoms with van der Waals surface area (Å²) in [5.74, 6) is 0.414. The molecule has 4 nitrogen and oxygen atoms in total. The lowest BCUT2D eigenvalue weighted by molar-refractivity contribution is -0.137. The van der Waals surface area contributed by atoms with Gasteiger partial charge in [-0.2, -0.15) is 13.2 Å². The molecule has 1 saturated heterocycles. The Hall–Kier alpha value is -2.57. The summed E-state index contributed by atoms with van der Waals surface area (Å²) in [5.41, 5.74) is 2.43. The van der Waals surface area contributed by atoms with Crippen molar-refractivity contribution in [1.29, 1.82) is 0 Å². The average Bonchev–Trinajstić information content (AvgIpc) is 2.73. The Balaban J connectivity index is 1.62. The van der Waals surface area contributed by atoms with E-state index < -0.39 is 11.7 Å². The molecular weight excluding hydrogens is 379 g/mol. The maximum Gasteiger partial charge on any atom is 0.417 e. The van der Waals surface area contributed by atoms with Gasteiger partial charge in [0.15, 0.2) is 0 Å². The van der Waals surface area contributed by atoms with E-state index in [1.54, 1.807) is 0 Å². The number of amides is 1. The molecule has 0 bridgehead atoms. The minimum absolute atomic E-state index is 0.0145. The molecular formula is C22H26F3N3O. The highest BCUT2D eigenvalue weighted by Gasteiger charge is 2.31. The van der Waals surface area contributed by atoms with Gasteiger partial charge in [-0.1, -0.05) is 32.0 Å². The monoisotopic (exact) mass is 405 g/mol. The first kappa shape index (κ1) is 21.1. The average molecular weight is 405 g/mol. The number of anilines is 2. The molecule has 0 atom stereocenters. The normalized spacial score (nSPS) is 15.4. The van der Waals surface area contributed by atoms with Crippen LogP contribution in [0.5, 0.6) is 0 Å². The van der Waals surface area contributed by atoms with Gasteiger partial charge >= 0.3 is 6.18 Å². The van der Waals surface area contributed by atoms with Crippen LogP contribution < -0.4 is 10.2 Å². The zero-order chi connectivity index (χ0) is 21.0. The molecule has 1 aliphatic rings. The van der Waals surface area contributed by atoms with Crippen LogP contribution in [0, 0.1) is 5.92 Å². The molecule has 2 aromatic rings. The molecule has 1 N–H and O–H groups in total. The summed E-state index contributed by atoms with van der Waals surface area (Å²) in [6.07, 6.45) is -0.539. The summed E-state index contributed by atoms with van der Waals surface area (Å²) in [5, 5.41) is 3.13. The van der Waals surface area contributed by atoms with E-state index in [2.05, 4.69) is 24.1 Å². The number of piperidine rings is 1. The number of hydrogen-bond donors (Lipinski definition) is 1. The van der Waals surface area contributed by atoms with Crippen LogP contribution in [-0.2, 0) is 23.8 Å². The van der Waals surface area contributed by atoms with Crippen molar-refractivity contribution in [3.63, 3.8) is 0 Å². The Kier molecular flexibility index (Phi) is 6.45. The Bertz CT molecular complexity index is 819. The van der Waals surface area contributed by atoms with Crippen LogP contribution in [0.4, 0.5) is 24.7 Å². The van der Waals surface area contributed by atoms with E-state index in [-0.39, 0.29) is 11.8 Å². The third-order valence-electron chi connectivity index (χ3n) is 5.51. The number of pyridine rings is 1. The highest BCUT2D eigenvalue weighted by Crippen LogP contribution is 2.31. The summed E-state index contributed by atoms with van der Waals surface area (Å²) >= 11 is 0. The van der Waals surface area contributed by atoms with Crippen molar-refractivity contribution in [2.75, 3.05) is 23.3 Å². The van der Waals surface area contributed by atoms with Crippen LogP contribution in [0.2, 0.25) is 0 Å². The fraction of sp³-hybridized carbons (Fsp3) is 0.455. The molecule has 0 spiro atoms. The third kappa shape index (κ3) is 4.89. The van der Waals surface area contributed by atoms with E-state index in [9.17, 15) is 18.0 Å². The minimum Gasteiger partial charge on any atom is -0.357 e. The summed E-state index contributed by atoms with van der Waals surface area (Å²) < 4.78 is 38.1. The lowest BCUT2D eigenvalue weighted by Gasteiger charge is -2.32. The van der Waals surface area contributed by atoms with Crippen molar-refractivity contribution < 1.29 is 18.0 Å². The lowest BCUT2D eigenvalue weighted by atomic mass is 9.95. The number of carbonyl (C=O) groups excluding carboxylic acids is 1. The number of aryl methyl sites for hydroxylation is 2. The molecule has 1 aromatic carbocycles. The van der Waals surface area contributed by atoms with Gasteiger partial charge in [0, 0.05) is 30.9 Å². The summed E-state index contributed by atoms with van der Waals surface area (Å²) in [6.45, 7) is 5.32. The van der Waals surface area contributed by atoms with Gasteiger partial charge in [0.2, 0.25) is 5.91 Å². The molecule has 1 amide bonds. The lowest BCUT2D eigenvalue weighted by Crippen LogP contribution is -2.38. The Labute approximate surface area is 169 Å². The smallest absolute Gasteiger partial charge is 0.357 e. The highest BCUT2D eigenvalue weighted by molar-refractivity contribution is 5.94. The number of nitrogens with zero attached hydrogens (tertiary/aromatic N) is 2. The van der Waals surface area contributed by atoms with Gasteiger partial charge in [0.1, 0.15) is 5.82 Å². The Morgan fingerprint density at radius 3 is 2.21 bits per heavy atom. The van der Waals surface area contributed by atoms with Gasteiger partial charge in [-0.05, 0) is 48.9 Å². The van der Waals surface area contributed by atoms with E-state index in [0.29, 0.717) is 31.7 Å². The number of alkyl halides is 3. The van der Waals surface area contributed by atoms with Crippen molar-refractivity contribution in [3.8, 4) is 0 Å². The first-order chi connectivity index (χ1) is 13.8. The highest BCUT2D eigenvalue weighted by atomic mass is 19.4. The predicted octanol–water partition coefficient (Wildman–Crippen LogP) is 5.08. The third-order valence-corrected chi connectivity index (χ3v) is 5.51. The van der Waals surface area contributed by atoms with Crippen LogP contribution in [0.1, 0.15) is 43.4 Å². The van der Waals surface area contributed by atoms with Crippen LogP contribution >= 0.6 is 0 Å². The molecule has 1 aromatic heterocycles. The molecule has 7 heteroatoms. The standard InChI is InChI=1S/C22H26F3N3O/c1-3-15-6-5-7-16(4-2)20(15)27-21(29)17-10-12-28(13-11-17)19-9-8-18(14-26-19)22(23,24)25/h5-9,14,17H,3-4,10-13H2,1-2H3,(H,27,29). The fourth-order valence-corrected chi connectivity index (χ4v) is 3.74. The molecule has 156 valence electrons. The molecule has 0 unspecified atom stereocenters. The van der Waals surface area contributed by atoms with Crippen LogP contribution in [0.3, 0.4) is 0 Å². The van der Waals surface area contributed by atoms with Crippen LogP contribution in [-0.4, -0.2) is 24.0 Å². The SMILES string of the molecule is CCc1cccc(CC)c1NC(=O)C1CCN(c2ccc(C(F)(F)F)cn2)CC1. The Morgan fingerprint density at radius 2 is 1.72 bits per heavy atom. The van der Waals surface area contributed by atoms with Crippen molar-refractivity contribution in [2.45, 2.75) is 45.7 Å². The maximum absolute atomic E-state index is 12.8. The second kappa shape index (κ2) is 8.84.